The summed E-state index contributed by atoms with van der Waals surface area (Å²) in [7, 11) is 0. The van der Waals surface area contributed by atoms with Gasteiger partial charge in [0.1, 0.15) is 18.2 Å². The molecule has 0 bridgehead atoms. The molecule has 0 aliphatic carbocycles. The fourth-order valence-corrected chi connectivity index (χ4v) is 1.09. The standard InChI is InChI=1S/C12H16FNO/c1-3-14-8-10(2)9-15-12-6-4-5-11(13)7-12/h4-7,14H,2-3,8-9H2,1H3. The number of benzene rings is 1. The maximum absolute atomic E-state index is 12.8. The second-order valence-electron chi connectivity index (χ2n) is 3.28. The molecule has 0 saturated heterocycles. The Labute approximate surface area is 89.8 Å². The molecule has 15 heavy (non-hydrogen) atoms. The molecule has 2 nitrogen and oxygen atoms in total. The highest BCUT2D eigenvalue weighted by Gasteiger charge is 1.97. The van der Waals surface area contributed by atoms with Gasteiger partial charge in [0.05, 0.1) is 0 Å². The summed E-state index contributed by atoms with van der Waals surface area (Å²) in [5, 5.41) is 3.14. The molecule has 1 rings (SSSR count). The average molecular weight is 209 g/mol. The number of hydrogen-bond donors (Lipinski definition) is 1. The van der Waals surface area contributed by atoms with Crippen LogP contribution in [0.3, 0.4) is 0 Å². The lowest BCUT2D eigenvalue weighted by atomic mass is 10.3. The number of rotatable bonds is 6. The number of ether oxygens (including phenoxy) is 1. The van der Waals surface area contributed by atoms with E-state index in [1.54, 1.807) is 12.1 Å². The van der Waals surface area contributed by atoms with Crippen LogP contribution in [0.1, 0.15) is 6.92 Å². The van der Waals surface area contributed by atoms with Gasteiger partial charge in [-0.15, -0.1) is 0 Å². The fraction of sp³-hybridized carbons (Fsp3) is 0.333. The first-order chi connectivity index (χ1) is 7.22. The Hall–Kier alpha value is -1.35. The molecular weight excluding hydrogens is 193 g/mol. The lowest BCUT2D eigenvalue weighted by Gasteiger charge is -2.08. The third kappa shape index (κ3) is 4.61. The predicted molar refractivity (Wildman–Crippen MR) is 59.6 cm³/mol. The van der Waals surface area contributed by atoms with Gasteiger partial charge in [0.2, 0.25) is 0 Å². The highest BCUT2D eigenvalue weighted by molar-refractivity contribution is 5.23. The minimum atomic E-state index is -0.287. The molecule has 1 aromatic rings. The van der Waals surface area contributed by atoms with Crippen LogP contribution in [0.4, 0.5) is 4.39 Å². The molecule has 3 heteroatoms. The van der Waals surface area contributed by atoms with Crippen LogP contribution in [0.5, 0.6) is 5.75 Å². The van der Waals surface area contributed by atoms with E-state index < -0.39 is 0 Å². The Bertz CT molecular complexity index is 325. The van der Waals surface area contributed by atoms with Gasteiger partial charge in [-0.2, -0.15) is 0 Å². The van der Waals surface area contributed by atoms with Gasteiger partial charge in [0, 0.05) is 12.6 Å². The van der Waals surface area contributed by atoms with E-state index in [4.69, 9.17) is 4.74 Å². The smallest absolute Gasteiger partial charge is 0.126 e. The Kier molecular flexibility index (Phi) is 4.84. The van der Waals surface area contributed by atoms with Crippen LogP contribution in [0, 0.1) is 5.82 Å². The van der Waals surface area contributed by atoms with Crippen molar-refractivity contribution >= 4 is 0 Å². The van der Waals surface area contributed by atoms with Crippen molar-refractivity contribution in [3.8, 4) is 5.75 Å². The zero-order valence-electron chi connectivity index (χ0n) is 8.92. The lowest BCUT2D eigenvalue weighted by molar-refractivity contribution is 0.346. The quantitative estimate of drug-likeness (QED) is 0.726. The minimum absolute atomic E-state index is 0.287. The molecule has 0 heterocycles. The Morgan fingerprint density at radius 1 is 1.53 bits per heavy atom. The van der Waals surface area contributed by atoms with Crippen LogP contribution < -0.4 is 10.1 Å². The molecule has 0 amide bonds. The van der Waals surface area contributed by atoms with Crippen molar-refractivity contribution in [2.24, 2.45) is 0 Å². The molecule has 0 atom stereocenters. The van der Waals surface area contributed by atoms with Crippen LogP contribution >= 0.6 is 0 Å². The summed E-state index contributed by atoms with van der Waals surface area (Å²) in [4.78, 5) is 0. The van der Waals surface area contributed by atoms with Crippen LogP contribution in [-0.4, -0.2) is 19.7 Å². The van der Waals surface area contributed by atoms with Crippen molar-refractivity contribution in [1.29, 1.82) is 0 Å². The van der Waals surface area contributed by atoms with E-state index in [2.05, 4.69) is 11.9 Å². The summed E-state index contributed by atoms with van der Waals surface area (Å²) < 4.78 is 18.1. The van der Waals surface area contributed by atoms with Gasteiger partial charge in [-0.25, -0.2) is 4.39 Å². The molecule has 0 radical (unpaired) electrons. The van der Waals surface area contributed by atoms with E-state index in [1.165, 1.54) is 12.1 Å². The lowest BCUT2D eigenvalue weighted by Crippen LogP contribution is -2.18. The highest BCUT2D eigenvalue weighted by atomic mass is 19.1. The first-order valence-corrected chi connectivity index (χ1v) is 4.98. The van der Waals surface area contributed by atoms with Crippen molar-refractivity contribution < 1.29 is 9.13 Å². The van der Waals surface area contributed by atoms with E-state index in [9.17, 15) is 4.39 Å². The first-order valence-electron chi connectivity index (χ1n) is 4.98. The summed E-state index contributed by atoms with van der Waals surface area (Å²) in [6, 6.07) is 6.10. The molecule has 82 valence electrons. The van der Waals surface area contributed by atoms with Gasteiger partial charge in [0.25, 0.3) is 0 Å². The van der Waals surface area contributed by atoms with Gasteiger partial charge in [-0.1, -0.05) is 19.6 Å². The fourth-order valence-electron chi connectivity index (χ4n) is 1.09. The highest BCUT2D eigenvalue weighted by Crippen LogP contribution is 2.12. The molecule has 0 saturated carbocycles. The number of hydrogen-bond acceptors (Lipinski definition) is 2. The summed E-state index contributed by atoms with van der Waals surface area (Å²) in [5.41, 5.74) is 0.945. The third-order valence-electron chi connectivity index (χ3n) is 1.86. The van der Waals surface area contributed by atoms with E-state index in [-0.39, 0.29) is 5.82 Å². The molecule has 0 unspecified atom stereocenters. The zero-order chi connectivity index (χ0) is 11.1. The normalized spacial score (nSPS) is 10.0. The van der Waals surface area contributed by atoms with Crippen molar-refractivity contribution in [2.45, 2.75) is 6.92 Å². The molecule has 0 aliphatic rings. The zero-order valence-corrected chi connectivity index (χ0v) is 8.92. The Morgan fingerprint density at radius 2 is 2.33 bits per heavy atom. The summed E-state index contributed by atoms with van der Waals surface area (Å²) in [6.45, 7) is 7.92. The van der Waals surface area contributed by atoms with Gasteiger partial charge in [-0.3, -0.25) is 0 Å². The number of likely N-dealkylation sites (N-methyl/N-ethyl adjacent to an activating group) is 1. The summed E-state index contributed by atoms with van der Waals surface area (Å²) in [6.07, 6.45) is 0. The van der Waals surface area contributed by atoms with Crippen molar-refractivity contribution in [2.75, 3.05) is 19.7 Å². The molecular formula is C12H16FNO. The molecule has 1 aromatic carbocycles. The Morgan fingerprint density at radius 3 is 3.00 bits per heavy atom. The van der Waals surface area contributed by atoms with E-state index in [0.717, 1.165) is 18.7 Å². The predicted octanol–water partition coefficient (Wildman–Crippen LogP) is 2.37. The Balaban J connectivity index is 2.33. The van der Waals surface area contributed by atoms with Crippen LogP contribution in [0.25, 0.3) is 0 Å². The van der Waals surface area contributed by atoms with Crippen molar-refractivity contribution in [1.82, 2.24) is 5.32 Å². The minimum Gasteiger partial charge on any atom is -0.489 e. The van der Waals surface area contributed by atoms with E-state index in [1.807, 2.05) is 6.92 Å². The van der Waals surface area contributed by atoms with E-state index in [0.29, 0.717) is 12.4 Å². The number of halogens is 1. The van der Waals surface area contributed by atoms with Crippen molar-refractivity contribution in [3.63, 3.8) is 0 Å². The van der Waals surface area contributed by atoms with Crippen LogP contribution in [0.15, 0.2) is 36.4 Å². The average Bonchev–Trinajstić information content (AvgIpc) is 2.23. The largest absolute Gasteiger partial charge is 0.489 e. The van der Waals surface area contributed by atoms with Gasteiger partial charge in [-0.05, 0) is 24.3 Å². The molecule has 0 fully saturated rings. The van der Waals surface area contributed by atoms with Crippen LogP contribution in [-0.2, 0) is 0 Å². The number of nitrogens with one attached hydrogen (secondary N) is 1. The second kappa shape index (κ2) is 6.19. The maximum atomic E-state index is 12.8. The van der Waals surface area contributed by atoms with Crippen LogP contribution in [0.2, 0.25) is 0 Å². The van der Waals surface area contributed by atoms with Crippen molar-refractivity contribution in [3.05, 3.63) is 42.2 Å². The second-order valence-corrected chi connectivity index (χ2v) is 3.28. The maximum Gasteiger partial charge on any atom is 0.126 e. The molecule has 0 aliphatic heterocycles. The van der Waals surface area contributed by atoms with Gasteiger partial charge in [0.15, 0.2) is 0 Å². The van der Waals surface area contributed by atoms with E-state index >= 15 is 0 Å². The first kappa shape index (κ1) is 11.7. The third-order valence-corrected chi connectivity index (χ3v) is 1.86. The molecule has 1 N–H and O–H groups in total. The monoisotopic (exact) mass is 209 g/mol. The SMILES string of the molecule is C=C(CNCC)COc1cccc(F)c1. The summed E-state index contributed by atoms with van der Waals surface area (Å²) in [5.74, 6) is 0.248. The van der Waals surface area contributed by atoms with Gasteiger partial charge < -0.3 is 10.1 Å². The molecule has 0 aromatic heterocycles. The summed E-state index contributed by atoms with van der Waals surface area (Å²) >= 11 is 0. The topological polar surface area (TPSA) is 21.3 Å². The van der Waals surface area contributed by atoms with Gasteiger partial charge >= 0.3 is 0 Å². The molecule has 0 spiro atoms.